The maximum atomic E-state index is 14.9. The molecule has 1 spiro atoms. The lowest BCUT2D eigenvalue weighted by molar-refractivity contribution is -0.162. The van der Waals surface area contributed by atoms with Crippen LogP contribution in [0, 0.1) is 23.7 Å². The van der Waals surface area contributed by atoms with Crippen molar-refractivity contribution in [1.29, 1.82) is 0 Å². The molecular formula is C34H42N2O6. The van der Waals surface area contributed by atoms with E-state index in [2.05, 4.69) is 13.2 Å². The summed E-state index contributed by atoms with van der Waals surface area (Å²) in [5, 5.41) is 12.5. The van der Waals surface area contributed by atoms with E-state index in [0.29, 0.717) is 18.5 Å². The van der Waals surface area contributed by atoms with Crippen LogP contribution in [0.4, 0.5) is 5.69 Å². The summed E-state index contributed by atoms with van der Waals surface area (Å²) in [6, 6.07) is 12.0. The van der Waals surface area contributed by atoms with Crippen molar-refractivity contribution in [3.8, 4) is 0 Å². The van der Waals surface area contributed by atoms with Crippen LogP contribution < -0.4 is 4.90 Å². The topological polar surface area (TPSA) is 96.4 Å². The van der Waals surface area contributed by atoms with Crippen molar-refractivity contribution in [2.75, 3.05) is 24.7 Å². The van der Waals surface area contributed by atoms with E-state index in [9.17, 15) is 19.5 Å². The zero-order valence-electron chi connectivity index (χ0n) is 25.0. The van der Waals surface area contributed by atoms with Gasteiger partial charge in [0.15, 0.2) is 0 Å². The number of anilines is 1. The highest BCUT2D eigenvalue weighted by Gasteiger charge is 2.81. The summed E-state index contributed by atoms with van der Waals surface area (Å²) >= 11 is 0. The first-order valence-corrected chi connectivity index (χ1v) is 14.9. The third kappa shape index (κ3) is 4.47. The normalized spacial score (nSPS) is 30.4. The smallest absolute Gasteiger partial charge is 0.312 e. The van der Waals surface area contributed by atoms with Crippen LogP contribution in [-0.2, 0) is 23.9 Å². The first-order valence-electron chi connectivity index (χ1n) is 14.9. The van der Waals surface area contributed by atoms with E-state index in [0.717, 1.165) is 10.8 Å². The van der Waals surface area contributed by atoms with E-state index in [1.54, 1.807) is 17.1 Å². The number of benzene rings is 2. The molecule has 0 aromatic heterocycles. The Morgan fingerprint density at radius 2 is 1.90 bits per heavy atom. The van der Waals surface area contributed by atoms with Gasteiger partial charge in [-0.3, -0.25) is 14.4 Å². The molecule has 42 heavy (non-hydrogen) atoms. The van der Waals surface area contributed by atoms with Crippen LogP contribution in [0.15, 0.2) is 67.8 Å². The molecular weight excluding hydrogens is 532 g/mol. The number of hydrogen-bond acceptors (Lipinski definition) is 6. The van der Waals surface area contributed by atoms with Gasteiger partial charge in [-0.2, -0.15) is 0 Å². The van der Waals surface area contributed by atoms with Crippen molar-refractivity contribution in [1.82, 2.24) is 4.90 Å². The number of ether oxygens (including phenoxy) is 2. The van der Waals surface area contributed by atoms with Crippen LogP contribution in [0.2, 0.25) is 0 Å². The van der Waals surface area contributed by atoms with Gasteiger partial charge in [0.2, 0.25) is 5.91 Å². The Hall–Kier alpha value is -3.49. The molecule has 7 atom stereocenters. The number of carbonyl (C=O) groups is 3. The quantitative estimate of drug-likeness (QED) is 0.241. The molecule has 2 amide bonds. The lowest BCUT2D eigenvalue weighted by atomic mass is 9.62. The molecule has 3 heterocycles. The molecule has 3 aliphatic heterocycles. The fourth-order valence-corrected chi connectivity index (χ4v) is 7.57. The molecule has 0 saturated carbocycles. The molecule has 3 unspecified atom stereocenters. The van der Waals surface area contributed by atoms with Gasteiger partial charge in [0.05, 0.1) is 30.8 Å². The molecule has 0 aliphatic carbocycles. The lowest BCUT2D eigenvalue weighted by Crippen LogP contribution is -2.60. The zero-order chi connectivity index (χ0) is 30.4. The van der Waals surface area contributed by atoms with Gasteiger partial charge in [-0.1, -0.05) is 63.3 Å². The molecule has 8 heteroatoms. The molecule has 2 bridgehead atoms. The van der Waals surface area contributed by atoms with Crippen LogP contribution in [0.1, 0.15) is 40.5 Å². The van der Waals surface area contributed by atoms with Gasteiger partial charge in [0, 0.05) is 12.2 Å². The van der Waals surface area contributed by atoms with Gasteiger partial charge in [-0.25, -0.2) is 0 Å². The van der Waals surface area contributed by atoms with Crippen molar-refractivity contribution < 1.29 is 29.0 Å². The summed E-state index contributed by atoms with van der Waals surface area (Å²) in [4.78, 5) is 46.2. The van der Waals surface area contributed by atoms with Crippen molar-refractivity contribution in [2.45, 2.75) is 63.8 Å². The Morgan fingerprint density at radius 3 is 2.55 bits per heavy atom. The molecule has 2 aromatic rings. The second kappa shape index (κ2) is 11.3. The number of rotatable bonds is 11. The molecule has 0 radical (unpaired) electrons. The zero-order valence-corrected chi connectivity index (χ0v) is 25.0. The molecule has 3 aliphatic rings. The third-order valence-electron chi connectivity index (χ3n) is 9.74. The van der Waals surface area contributed by atoms with Crippen LogP contribution in [-0.4, -0.2) is 70.8 Å². The standard InChI is InChI=1S/C34H42N2O6/c1-7-9-17-41-32(40)28-27-30(38)36(26(20-37)21(3)4)29(34(27)19-22(5)33(28,6)42-34)31(39)35(16-8-2)25-15-14-23-12-10-11-13-24(23)18-25/h7-8,10-15,18,21-22,26-29,37H,1-2,9,16-17,19-20H2,3-6H3/t22?,26-,27-,28+,29?,33-,34?/m0/s1. The van der Waals surface area contributed by atoms with Gasteiger partial charge in [-0.05, 0) is 54.5 Å². The Kier molecular flexibility index (Phi) is 8.07. The molecule has 1 N–H and O–H groups in total. The number of aliphatic hydroxyl groups is 1. The number of carbonyl (C=O) groups excluding carboxylic acids is 3. The second-order valence-electron chi connectivity index (χ2n) is 12.5. The predicted molar refractivity (Wildman–Crippen MR) is 162 cm³/mol. The highest BCUT2D eigenvalue weighted by Crippen LogP contribution is 2.66. The minimum atomic E-state index is -1.25. The highest BCUT2D eigenvalue weighted by atomic mass is 16.6. The number of likely N-dealkylation sites (tertiary alicyclic amines) is 1. The first kappa shape index (κ1) is 30.0. The van der Waals surface area contributed by atoms with Crippen molar-refractivity contribution in [2.24, 2.45) is 23.7 Å². The summed E-state index contributed by atoms with van der Waals surface area (Å²) in [6.45, 7) is 15.3. The molecule has 2 aromatic carbocycles. The first-order chi connectivity index (χ1) is 20.0. The Balaban J connectivity index is 1.64. The van der Waals surface area contributed by atoms with Gasteiger partial charge < -0.3 is 24.4 Å². The third-order valence-corrected chi connectivity index (χ3v) is 9.74. The number of aliphatic hydroxyl groups excluding tert-OH is 1. The van der Waals surface area contributed by atoms with Crippen LogP contribution in [0.25, 0.3) is 10.8 Å². The van der Waals surface area contributed by atoms with Gasteiger partial charge in [0.1, 0.15) is 17.6 Å². The monoisotopic (exact) mass is 574 g/mol. The summed E-state index contributed by atoms with van der Waals surface area (Å²) in [5.41, 5.74) is -1.55. The molecule has 5 rings (SSSR count). The second-order valence-corrected chi connectivity index (χ2v) is 12.5. The van der Waals surface area contributed by atoms with Crippen molar-refractivity contribution in [3.05, 3.63) is 67.8 Å². The van der Waals surface area contributed by atoms with E-state index < -0.39 is 41.1 Å². The number of fused-ring (bicyclic) bond motifs is 2. The van der Waals surface area contributed by atoms with Gasteiger partial charge in [-0.15, -0.1) is 13.2 Å². The minimum absolute atomic E-state index is 0.117. The molecule has 8 nitrogen and oxygen atoms in total. The SMILES string of the molecule is C=CCCOC(=O)[C@H]1[C@H]2C(=O)N([C@@H](CO)C(C)C)C(C(=O)N(CC=C)c3ccc4ccccc4c3)C23CC(C)[C@]1(C)O3. The van der Waals surface area contributed by atoms with Crippen LogP contribution >= 0.6 is 0 Å². The maximum absolute atomic E-state index is 14.9. The number of amides is 2. The predicted octanol–water partition coefficient (Wildman–Crippen LogP) is 4.51. The van der Waals surface area contributed by atoms with E-state index in [-0.39, 0.29) is 43.4 Å². The highest BCUT2D eigenvalue weighted by molar-refractivity contribution is 6.06. The van der Waals surface area contributed by atoms with Crippen LogP contribution in [0.5, 0.6) is 0 Å². The lowest BCUT2D eigenvalue weighted by Gasteiger charge is -2.40. The Bertz CT molecular complexity index is 1410. The van der Waals surface area contributed by atoms with Crippen molar-refractivity contribution in [3.63, 3.8) is 0 Å². The van der Waals surface area contributed by atoms with Gasteiger partial charge >= 0.3 is 5.97 Å². The van der Waals surface area contributed by atoms with E-state index in [1.165, 1.54) is 4.90 Å². The Morgan fingerprint density at radius 1 is 1.19 bits per heavy atom. The molecule has 3 fully saturated rings. The number of nitrogens with zero attached hydrogens (tertiary/aromatic N) is 2. The van der Waals surface area contributed by atoms with E-state index in [4.69, 9.17) is 9.47 Å². The Labute approximate surface area is 248 Å². The summed E-state index contributed by atoms with van der Waals surface area (Å²) in [5.74, 6) is -3.22. The van der Waals surface area contributed by atoms with E-state index >= 15 is 0 Å². The maximum Gasteiger partial charge on any atom is 0.312 e. The largest absolute Gasteiger partial charge is 0.465 e. The molecule has 3 saturated heterocycles. The number of hydrogen-bond donors (Lipinski definition) is 1. The fourth-order valence-electron chi connectivity index (χ4n) is 7.57. The summed E-state index contributed by atoms with van der Waals surface area (Å²) in [6.07, 6.45) is 4.25. The molecule has 224 valence electrons. The van der Waals surface area contributed by atoms with E-state index in [1.807, 2.05) is 70.2 Å². The van der Waals surface area contributed by atoms with Gasteiger partial charge in [0.25, 0.3) is 5.91 Å². The minimum Gasteiger partial charge on any atom is -0.465 e. The average molecular weight is 575 g/mol. The summed E-state index contributed by atoms with van der Waals surface area (Å²) < 4.78 is 12.5. The fraction of sp³-hybridized carbons (Fsp3) is 0.500. The number of esters is 1. The van der Waals surface area contributed by atoms with Crippen LogP contribution in [0.3, 0.4) is 0 Å². The summed E-state index contributed by atoms with van der Waals surface area (Å²) in [7, 11) is 0. The van der Waals surface area contributed by atoms with Crippen molar-refractivity contribution >= 4 is 34.2 Å². The average Bonchev–Trinajstić information content (AvgIpc) is 3.48.